The van der Waals surface area contributed by atoms with Gasteiger partial charge in [0.2, 0.25) is 0 Å². The summed E-state index contributed by atoms with van der Waals surface area (Å²) in [6.45, 7) is 3.84. The zero-order chi connectivity index (χ0) is 12.4. The summed E-state index contributed by atoms with van der Waals surface area (Å²) in [5, 5.41) is 32.3. The highest BCUT2D eigenvalue weighted by molar-refractivity contribution is 8.14. The molecule has 0 radical (unpaired) electrons. The molecule has 6 nitrogen and oxygen atoms in total. The molecule has 2 aliphatic rings. The van der Waals surface area contributed by atoms with E-state index in [-0.39, 0.29) is 12.0 Å². The molecule has 17 heavy (non-hydrogen) atoms. The summed E-state index contributed by atoms with van der Waals surface area (Å²) in [5.41, 5.74) is -0.363. The molecule has 1 fully saturated rings. The van der Waals surface area contributed by atoms with E-state index in [1.54, 1.807) is 6.08 Å². The van der Waals surface area contributed by atoms with Gasteiger partial charge in [-0.15, -0.1) is 6.58 Å². The van der Waals surface area contributed by atoms with Gasteiger partial charge in [0.05, 0.1) is 6.61 Å². The van der Waals surface area contributed by atoms with Gasteiger partial charge in [-0.05, 0) is 0 Å². The number of aliphatic imine (C=N–C) groups is 1. The molecule has 0 spiro atoms. The van der Waals surface area contributed by atoms with E-state index in [2.05, 4.69) is 16.9 Å². The zero-order valence-corrected chi connectivity index (χ0v) is 10.0. The van der Waals surface area contributed by atoms with Gasteiger partial charge in [0.1, 0.15) is 29.8 Å². The SMILES string of the molecule is C=CCNC1=N[C@@H]2[C@H](O)[C@@H](O)[C@@H](CO)O[C@@H]2S1. The summed E-state index contributed by atoms with van der Waals surface area (Å²) < 4.78 is 5.47. The van der Waals surface area contributed by atoms with Crippen LogP contribution >= 0.6 is 11.8 Å². The van der Waals surface area contributed by atoms with Gasteiger partial charge >= 0.3 is 0 Å². The minimum atomic E-state index is -1.11. The third-order valence-electron chi connectivity index (χ3n) is 2.74. The molecule has 0 unspecified atom stereocenters. The molecule has 0 saturated carbocycles. The van der Waals surface area contributed by atoms with Crippen molar-refractivity contribution in [2.75, 3.05) is 13.2 Å². The Bertz CT molecular complexity index is 325. The molecule has 2 rings (SSSR count). The summed E-state index contributed by atoms with van der Waals surface area (Å²) in [6.07, 6.45) is -1.17. The molecule has 4 N–H and O–H groups in total. The van der Waals surface area contributed by atoms with Gasteiger partial charge in [0.25, 0.3) is 0 Å². The molecule has 7 heteroatoms. The van der Waals surface area contributed by atoms with Crippen molar-refractivity contribution in [3.63, 3.8) is 0 Å². The van der Waals surface area contributed by atoms with Crippen LogP contribution in [0.25, 0.3) is 0 Å². The molecule has 96 valence electrons. The minimum Gasteiger partial charge on any atom is -0.394 e. The van der Waals surface area contributed by atoms with Crippen molar-refractivity contribution >= 4 is 16.9 Å². The first kappa shape index (κ1) is 12.8. The number of aliphatic hydroxyl groups is 3. The largest absolute Gasteiger partial charge is 0.394 e. The monoisotopic (exact) mass is 260 g/mol. The molecule has 5 atom stereocenters. The average Bonchev–Trinajstić information content (AvgIpc) is 2.74. The standard InChI is InChI=1S/C10H16N2O4S/c1-2-3-11-10-12-6-8(15)7(14)5(4-13)16-9(6)17-10/h2,5-9,13-15H,1,3-4H2,(H,11,12)/t5-,6-,7+,8+,9-/m1/s1. The number of amidine groups is 1. The first-order valence-electron chi connectivity index (χ1n) is 5.39. The molecule has 0 aromatic heterocycles. The van der Waals surface area contributed by atoms with E-state index in [4.69, 9.17) is 9.84 Å². The third-order valence-corrected chi connectivity index (χ3v) is 3.84. The zero-order valence-electron chi connectivity index (χ0n) is 9.19. The van der Waals surface area contributed by atoms with Gasteiger partial charge in [-0.2, -0.15) is 0 Å². The van der Waals surface area contributed by atoms with Crippen LogP contribution in [0.1, 0.15) is 0 Å². The molecule has 2 heterocycles. The number of ether oxygens (including phenoxy) is 1. The molecule has 0 aliphatic carbocycles. The summed E-state index contributed by atoms with van der Waals surface area (Å²) in [7, 11) is 0. The topological polar surface area (TPSA) is 94.3 Å². The van der Waals surface area contributed by atoms with Crippen molar-refractivity contribution in [2.24, 2.45) is 4.99 Å². The predicted octanol–water partition coefficient (Wildman–Crippen LogP) is -1.33. The van der Waals surface area contributed by atoms with E-state index in [9.17, 15) is 10.2 Å². The van der Waals surface area contributed by atoms with E-state index in [1.165, 1.54) is 11.8 Å². The quantitative estimate of drug-likeness (QED) is 0.470. The fourth-order valence-electron chi connectivity index (χ4n) is 1.82. The van der Waals surface area contributed by atoms with Crippen LogP contribution in [0.2, 0.25) is 0 Å². The molecule has 0 bridgehead atoms. The lowest BCUT2D eigenvalue weighted by Crippen LogP contribution is -2.55. The number of nitrogens with one attached hydrogen (secondary N) is 1. The molecule has 0 amide bonds. The fraction of sp³-hybridized carbons (Fsp3) is 0.700. The number of fused-ring (bicyclic) bond motifs is 1. The number of hydrogen-bond acceptors (Lipinski definition) is 7. The maximum absolute atomic E-state index is 9.88. The number of nitrogens with zero attached hydrogens (tertiary/aromatic N) is 1. The first-order valence-corrected chi connectivity index (χ1v) is 6.27. The summed E-state index contributed by atoms with van der Waals surface area (Å²) in [5.74, 6) is 0. The minimum absolute atomic E-state index is 0.322. The Morgan fingerprint density at radius 1 is 1.47 bits per heavy atom. The predicted molar refractivity (Wildman–Crippen MR) is 64.8 cm³/mol. The van der Waals surface area contributed by atoms with Crippen LogP contribution in [-0.2, 0) is 4.74 Å². The van der Waals surface area contributed by atoms with Crippen molar-refractivity contribution in [1.29, 1.82) is 0 Å². The number of aliphatic hydroxyl groups excluding tert-OH is 3. The summed E-state index contributed by atoms with van der Waals surface area (Å²) in [4.78, 5) is 4.25. The fourth-order valence-corrected chi connectivity index (χ4v) is 2.95. The van der Waals surface area contributed by atoms with Crippen LogP contribution in [0.5, 0.6) is 0 Å². The van der Waals surface area contributed by atoms with Gasteiger partial charge in [0, 0.05) is 6.54 Å². The maximum atomic E-state index is 9.88. The van der Waals surface area contributed by atoms with E-state index in [1.807, 2.05) is 0 Å². The van der Waals surface area contributed by atoms with Crippen molar-refractivity contribution < 1.29 is 20.1 Å². The van der Waals surface area contributed by atoms with E-state index in [0.717, 1.165) is 0 Å². The number of rotatable bonds is 3. The van der Waals surface area contributed by atoms with E-state index >= 15 is 0 Å². The Kier molecular flexibility index (Phi) is 4.05. The Morgan fingerprint density at radius 2 is 2.24 bits per heavy atom. The Hall–Kier alpha value is -0.600. The average molecular weight is 260 g/mol. The van der Waals surface area contributed by atoms with Gasteiger partial charge < -0.3 is 25.4 Å². The van der Waals surface area contributed by atoms with Crippen LogP contribution in [-0.4, -0.2) is 63.4 Å². The highest BCUT2D eigenvalue weighted by atomic mass is 32.2. The number of thioether (sulfide) groups is 1. The highest BCUT2D eigenvalue weighted by Gasteiger charge is 2.47. The lowest BCUT2D eigenvalue weighted by molar-refractivity contribution is -0.164. The van der Waals surface area contributed by atoms with Crippen LogP contribution in [0, 0.1) is 0 Å². The highest BCUT2D eigenvalue weighted by Crippen LogP contribution is 2.35. The normalized spacial score (nSPS) is 40.6. The summed E-state index contributed by atoms with van der Waals surface area (Å²) >= 11 is 1.35. The van der Waals surface area contributed by atoms with E-state index < -0.39 is 24.4 Å². The van der Waals surface area contributed by atoms with Gasteiger partial charge in [-0.25, -0.2) is 0 Å². The lowest BCUT2D eigenvalue weighted by Gasteiger charge is -2.37. The second-order valence-corrected chi connectivity index (χ2v) is 5.01. The van der Waals surface area contributed by atoms with Crippen LogP contribution in [0.15, 0.2) is 17.6 Å². The number of hydrogen-bond donors (Lipinski definition) is 4. The van der Waals surface area contributed by atoms with Crippen LogP contribution < -0.4 is 5.32 Å². The maximum Gasteiger partial charge on any atom is 0.159 e. The van der Waals surface area contributed by atoms with Crippen molar-refractivity contribution in [3.8, 4) is 0 Å². The second kappa shape index (κ2) is 5.36. The molecule has 0 aromatic carbocycles. The van der Waals surface area contributed by atoms with Crippen molar-refractivity contribution in [3.05, 3.63) is 12.7 Å². The first-order chi connectivity index (χ1) is 8.17. The Balaban J connectivity index is 2.04. The van der Waals surface area contributed by atoms with Crippen molar-refractivity contribution in [2.45, 2.75) is 29.8 Å². The van der Waals surface area contributed by atoms with Gasteiger partial charge in [0.15, 0.2) is 5.17 Å². The van der Waals surface area contributed by atoms with E-state index in [0.29, 0.717) is 11.7 Å². The summed E-state index contributed by atoms with van der Waals surface area (Å²) in [6, 6.07) is -0.495. The molecule has 1 saturated heterocycles. The van der Waals surface area contributed by atoms with Gasteiger partial charge in [-0.1, -0.05) is 17.8 Å². The van der Waals surface area contributed by atoms with Crippen LogP contribution in [0.4, 0.5) is 0 Å². The van der Waals surface area contributed by atoms with Gasteiger partial charge in [-0.3, -0.25) is 4.99 Å². The van der Waals surface area contributed by atoms with Crippen LogP contribution in [0.3, 0.4) is 0 Å². The molecule has 0 aromatic rings. The van der Waals surface area contributed by atoms with Crippen molar-refractivity contribution in [1.82, 2.24) is 5.32 Å². The third kappa shape index (κ3) is 2.48. The lowest BCUT2D eigenvalue weighted by atomic mass is 9.99. The molecule has 2 aliphatic heterocycles. The molecular weight excluding hydrogens is 244 g/mol. The second-order valence-electron chi connectivity index (χ2n) is 3.92. The molecular formula is C10H16N2O4S. The smallest absolute Gasteiger partial charge is 0.159 e. The Morgan fingerprint density at radius 3 is 2.88 bits per heavy atom. The Labute approximate surface area is 103 Å².